The third-order valence-corrected chi connectivity index (χ3v) is 9.68. The van der Waals surface area contributed by atoms with E-state index in [1.165, 1.54) is 29.5 Å². The summed E-state index contributed by atoms with van der Waals surface area (Å²) in [5, 5.41) is 9.79. The second kappa shape index (κ2) is 11.1. The molecule has 0 amide bonds. The van der Waals surface area contributed by atoms with Gasteiger partial charge < -0.3 is 14.6 Å². The molecule has 2 aromatic carbocycles. The molecule has 216 valence electrons. The smallest absolute Gasteiger partial charge is 0.306 e. The summed E-state index contributed by atoms with van der Waals surface area (Å²) < 4.78 is 12.2. The summed E-state index contributed by atoms with van der Waals surface area (Å²) in [5.41, 5.74) is 7.26. The zero-order valence-electron chi connectivity index (χ0n) is 24.7. The molecule has 41 heavy (non-hydrogen) atoms. The van der Waals surface area contributed by atoms with Gasteiger partial charge in [0, 0.05) is 24.3 Å². The van der Waals surface area contributed by atoms with E-state index in [1.807, 2.05) is 19.1 Å². The monoisotopic (exact) mass is 554 g/mol. The molecule has 1 unspecified atom stereocenters. The first-order valence-corrected chi connectivity index (χ1v) is 15.1. The lowest BCUT2D eigenvalue weighted by Crippen LogP contribution is -2.37. The quantitative estimate of drug-likeness (QED) is 0.297. The molecule has 2 fully saturated rings. The number of fused-ring (bicyclic) bond motifs is 1. The number of methoxy groups -OCH3 is 1. The van der Waals surface area contributed by atoms with Gasteiger partial charge in [0.1, 0.15) is 11.9 Å². The van der Waals surface area contributed by atoms with Gasteiger partial charge >= 0.3 is 5.97 Å². The van der Waals surface area contributed by atoms with E-state index >= 15 is 0 Å². The van der Waals surface area contributed by atoms with Crippen LogP contribution in [-0.2, 0) is 17.8 Å². The molecular formula is C35H42N2O4. The summed E-state index contributed by atoms with van der Waals surface area (Å²) >= 11 is 0. The van der Waals surface area contributed by atoms with Crippen molar-refractivity contribution in [2.45, 2.75) is 83.4 Å². The topological polar surface area (TPSA) is 71.9 Å². The summed E-state index contributed by atoms with van der Waals surface area (Å²) in [6.07, 6.45) is 8.25. The van der Waals surface area contributed by atoms with Crippen LogP contribution >= 0.6 is 0 Å². The largest absolute Gasteiger partial charge is 0.485 e. The zero-order valence-corrected chi connectivity index (χ0v) is 24.7. The number of carbonyl (C=O) groups is 1. The molecule has 1 saturated heterocycles. The molecule has 0 spiro atoms. The number of aryl methyl sites for hydroxylation is 1. The number of aromatic nitrogens is 1. The summed E-state index contributed by atoms with van der Waals surface area (Å²) in [6, 6.07) is 17.2. The number of carboxylic acid groups (broad SMARTS) is 1. The number of hydrogen-bond acceptors (Lipinski definition) is 5. The Morgan fingerprint density at radius 3 is 2.63 bits per heavy atom. The number of pyridine rings is 1. The number of likely N-dealkylation sites (tertiary alicyclic amines) is 1. The van der Waals surface area contributed by atoms with Crippen molar-refractivity contribution in [2.75, 3.05) is 13.7 Å². The minimum absolute atomic E-state index is 0.0337. The number of ether oxygens (including phenoxy) is 2. The van der Waals surface area contributed by atoms with Gasteiger partial charge in [-0.25, -0.2) is 4.98 Å². The van der Waals surface area contributed by atoms with Crippen LogP contribution in [0.3, 0.4) is 0 Å². The van der Waals surface area contributed by atoms with E-state index in [0.29, 0.717) is 11.8 Å². The molecule has 1 aliphatic carbocycles. The molecule has 3 heterocycles. The van der Waals surface area contributed by atoms with Crippen LogP contribution in [0.4, 0.5) is 0 Å². The van der Waals surface area contributed by atoms with E-state index in [-0.39, 0.29) is 17.6 Å². The van der Waals surface area contributed by atoms with Gasteiger partial charge in [-0.15, -0.1) is 0 Å². The van der Waals surface area contributed by atoms with Crippen molar-refractivity contribution in [2.24, 2.45) is 11.8 Å². The molecule has 6 heteroatoms. The Morgan fingerprint density at radius 2 is 1.93 bits per heavy atom. The summed E-state index contributed by atoms with van der Waals surface area (Å²) in [4.78, 5) is 18.8. The lowest BCUT2D eigenvalue weighted by Gasteiger charge is -2.34. The predicted molar refractivity (Wildman–Crippen MR) is 160 cm³/mol. The van der Waals surface area contributed by atoms with Crippen molar-refractivity contribution in [3.8, 4) is 22.8 Å². The Hall–Kier alpha value is -3.38. The van der Waals surface area contributed by atoms with Crippen LogP contribution in [0, 0.1) is 11.8 Å². The van der Waals surface area contributed by atoms with Gasteiger partial charge in [0.05, 0.1) is 13.0 Å². The van der Waals surface area contributed by atoms with Gasteiger partial charge in [-0.1, -0.05) is 31.2 Å². The van der Waals surface area contributed by atoms with Crippen molar-refractivity contribution in [3.63, 3.8) is 0 Å². The summed E-state index contributed by atoms with van der Waals surface area (Å²) in [6.45, 7) is 8.52. The van der Waals surface area contributed by atoms with E-state index in [1.54, 1.807) is 13.3 Å². The van der Waals surface area contributed by atoms with Crippen LogP contribution in [0.25, 0.3) is 11.1 Å². The molecule has 0 radical (unpaired) electrons. The zero-order chi connectivity index (χ0) is 28.7. The Balaban J connectivity index is 1.33. The maximum atomic E-state index is 11.9. The van der Waals surface area contributed by atoms with Crippen LogP contribution in [0.1, 0.15) is 87.2 Å². The SMILES string of the molecule is COc1cc(-c2ccc(C3CCc4ccc([C@H](C5CC5)[C@H](C)C(=O)O)cc4O3)c(CN3CCCC3(C)C)c2)ccn1. The third-order valence-electron chi connectivity index (χ3n) is 9.68. The molecular weight excluding hydrogens is 512 g/mol. The average molecular weight is 555 g/mol. The number of aliphatic carboxylic acids is 1. The van der Waals surface area contributed by atoms with Crippen molar-refractivity contribution >= 4 is 5.97 Å². The fourth-order valence-corrected chi connectivity index (χ4v) is 6.99. The standard InChI is InChI=1S/C35H42N2O4/c1-22(34(38)39)33(24-7-8-24)27-9-6-23-11-13-30(41-31(23)19-27)29-12-10-25(26-14-16-36-32(20-26)40-4)18-28(29)21-37-17-5-15-35(37,2)3/h6,9-10,12,14,16,18-20,22,24,30,33H,5,7-8,11,13,15,17,21H2,1-4H3,(H,38,39)/t22-,30?,33-/m0/s1. The molecule has 3 atom stereocenters. The Bertz CT molecular complexity index is 1430. The van der Waals surface area contributed by atoms with E-state index < -0.39 is 11.9 Å². The van der Waals surface area contributed by atoms with E-state index in [2.05, 4.69) is 60.1 Å². The number of carboxylic acids is 1. The number of nitrogens with zero attached hydrogens (tertiary/aromatic N) is 2. The van der Waals surface area contributed by atoms with E-state index in [0.717, 1.165) is 61.2 Å². The molecule has 6 rings (SSSR count). The van der Waals surface area contributed by atoms with Crippen LogP contribution in [0.15, 0.2) is 54.7 Å². The van der Waals surface area contributed by atoms with Gasteiger partial charge in [-0.3, -0.25) is 9.69 Å². The second-order valence-corrected chi connectivity index (χ2v) is 12.8. The van der Waals surface area contributed by atoms with E-state index in [4.69, 9.17) is 9.47 Å². The van der Waals surface area contributed by atoms with E-state index in [9.17, 15) is 9.90 Å². The minimum atomic E-state index is -0.722. The molecule has 3 aromatic rings. The Labute approximate surface area is 243 Å². The molecule has 3 aliphatic rings. The molecule has 1 N–H and O–H groups in total. The first-order valence-electron chi connectivity index (χ1n) is 15.1. The first-order chi connectivity index (χ1) is 19.7. The highest BCUT2D eigenvalue weighted by Gasteiger charge is 2.39. The lowest BCUT2D eigenvalue weighted by atomic mass is 9.82. The van der Waals surface area contributed by atoms with Crippen LogP contribution in [0.5, 0.6) is 11.6 Å². The van der Waals surface area contributed by atoms with Crippen molar-refractivity contribution in [1.29, 1.82) is 0 Å². The molecule has 2 aliphatic heterocycles. The maximum Gasteiger partial charge on any atom is 0.306 e. The van der Waals surface area contributed by atoms with Crippen LogP contribution in [-0.4, -0.2) is 40.2 Å². The molecule has 0 bridgehead atoms. The van der Waals surface area contributed by atoms with Crippen LogP contribution < -0.4 is 9.47 Å². The lowest BCUT2D eigenvalue weighted by molar-refractivity contribution is -0.142. The normalized spacial score (nSPS) is 21.5. The minimum Gasteiger partial charge on any atom is -0.485 e. The number of benzene rings is 2. The van der Waals surface area contributed by atoms with Gasteiger partial charge in [-0.2, -0.15) is 0 Å². The van der Waals surface area contributed by atoms with Gasteiger partial charge in [0.25, 0.3) is 0 Å². The molecule has 1 aromatic heterocycles. The van der Waals surface area contributed by atoms with Gasteiger partial charge in [-0.05, 0) is 122 Å². The fourth-order valence-electron chi connectivity index (χ4n) is 6.99. The highest BCUT2D eigenvalue weighted by molar-refractivity contribution is 5.71. The Morgan fingerprint density at radius 1 is 1.12 bits per heavy atom. The number of rotatable bonds is 9. The van der Waals surface area contributed by atoms with Gasteiger partial charge in [0.2, 0.25) is 5.88 Å². The maximum absolute atomic E-state index is 11.9. The highest BCUT2D eigenvalue weighted by Crippen LogP contribution is 2.48. The third kappa shape index (κ3) is 5.72. The predicted octanol–water partition coefficient (Wildman–Crippen LogP) is 7.41. The number of hydrogen-bond donors (Lipinski definition) is 1. The van der Waals surface area contributed by atoms with Crippen molar-refractivity contribution in [3.05, 3.63) is 77.0 Å². The second-order valence-electron chi connectivity index (χ2n) is 12.8. The summed E-state index contributed by atoms with van der Waals surface area (Å²) in [5.74, 6) is 0.880. The highest BCUT2D eigenvalue weighted by atomic mass is 16.5. The van der Waals surface area contributed by atoms with Crippen molar-refractivity contribution < 1.29 is 19.4 Å². The molecule has 1 saturated carbocycles. The fraction of sp³-hybridized carbons (Fsp3) is 0.486. The summed E-state index contributed by atoms with van der Waals surface area (Å²) in [7, 11) is 1.65. The average Bonchev–Trinajstić information content (AvgIpc) is 3.75. The van der Waals surface area contributed by atoms with Crippen molar-refractivity contribution in [1.82, 2.24) is 9.88 Å². The Kier molecular flexibility index (Phi) is 7.54. The van der Waals surface area contributed by atoms with Crippen LogP contribution in [0.2, 0.25) is 0 Å². The first kappa shape index (κ1) is 27.8. The molecule has 6 nitrogen and oxygen atoms in total. The van der Waals surface area contributed by atoms with Gasteiger partial charge in [0.15, 0.2) is 0 Å².